The third-order valence-corrected chi connectivity index (χ3v) is 4.10. The lowest BCUT2D eigenvalue weighted by Crippen LogP contribution is -2.27. The molecule has 1 fully saturated rings. The predicted molar refractivity (Wildman–Crippen MR) is 83.2 cm³/mol. The highest BCUT2D eigenvalue weighted by atomic mass is 35.5. The van der Waals surface area contributed by atoms with E-state index in [-0.39, 0.29) is 17.0 Å². The Bertz CT molecular complexity index is 521. The van der Waals surface area contributed by atoms with Crippen LogP contribution >= 0.6 is 23.2 Å². The molecule has 0 radical (unpaired) electrons. The van der Waals surface area contributed by atoms with Gasteiger partial charge in [0.25, 0.3) is 0 Å². The number of carbonyl (C=O) groups is 1. The molecule has 2 rings (SSSR count). The van der Waals surface area contributed by atoms with Gasteiger partial charge in [0.15, 0.2) is 0 Å². The minimum atomic E-state index is -0.478. The van der Waals surface area contributed by atoms with Crippen LogP contribution in [-0.2, 0) is 4.79 Å². The molecule has 1 unspecified atom stereocenters. The van der Waals surface area contributed by atoms with Crippen LogP contribution in [0, 0.1) is 5.82 Å². The molecule has 1 saturated carbocycles. The smallest absolute Gasteiger partial charge is 0.220 e. The van der Waals surface area contributed by atoms with Crippen LogP contribution in [0.5, 0.6) is 0 Å². The minimum Gasteiger partial charge on any atom is -0.353 e. The van der Waals surface area contributed by atoms with Gasteiger partial charge in [0.05, 0.1) is 5.02 Å². The third-order valence-electron chi connectivity index (χ3n) is 3.48. The van der Waals surface area contributed by atoms with Crippen LogP contribution in [0.25, 0.3) is 0 Å². The summed E-state index contributed by atoms with van der Waals surface area (Å²) in [5, 5.41) is 6.64. The summed E-state index contributed by atoms with van der Waals surface area (Å²) >= 11 is 11.7. The Labute approximate surface area is 134 Å². The van der Waals surface area contributed by atoms with Crippen molar-refractivity contribution >= 4 is 29.1 Å². The highest BCUT2D eigenvalue weighted by Crippen LogP contribution is 2.28. The molecule has 116 valence electrons. The maximum absolute atomic E-state index is 13.5. The number of hydrogen-bond donors (Lipinski definition) is 2. The molecule has 6 heteroatoms. The molecule has 0 bridgehead atoms. The number of rotatable bonds is 7. The zero-order chi connectivity index (χ0) is 15.4. The molecular formula is C15H19Cl2FN2O. The van der Waals surface area contributed by atoms with Gasteiger partial charge >= 0.3 is 0 Å². The van der Waals surface area contributed by atoms with Gasteiger partial charge in [-0.3, -0.25) is 4.79 Å². The van der Waals surface area contributed by atoms with E-state index in [4.69, 9.17) is 23.2 Å². The maximum atomic E-state index is 13.5. The minimum absolute atomic E-state index is 0.0210. The van der Waals surface area contributed by atoms with E-state index in [1.54, 1.807) is 0 Å². The first-order chi connectivity index (χ1) is 9.97. The highest BCUT2D eigenvalue weighted by molar-refractivity contribution is 6.35. The Morgan fingerprint density at radius 1 is 1.38 bits per heavy atom. The van der Waals surface area contributed by atoms with Crippen molar-refractivity contribution in [3.8, 4) is 0 Å². The maximum Gasteiger partial charge on any atom is 0.220 e. The van der Waals surface area contributed by atoms with Gasteiger partial charge < -0.3 is 10.6 Å². The van der Waals surface area contributed by atoms with Gasteiger partial charge in [0.1, 0.15) is 5.82 Å². The summed E-state index contributed by atoms with van der Waals surface area (Å²) in [6.45, 7) is 2.57. The Hall–Kier alpha value is -0.840. The van der Waals surface area contributed by atoms with Crippen molar-refractivity contribution in [3.63, 3.8) is 0 Å². The van der Waals surface area contributed by atoms with Gasteiger partial charge in [0, 0.05) is 23.5 Å². The molecule has 1 aromatic rings. The molecule has 21 heavy (non-hydrogen) atoms. The fourth-order valence-electron chi connectivity index (χ4n) is 2.07. The molecule has 0 spiro atoms. The van der Waals surface area contributed by atoms with E-state index in [2.05, 4.69) is 10.6 Å². The van der Waals surface area contributed by atoms with Crippen LogP contribution < -0.4 is 10.6 Å². The lowest BCUT2D eigenvalue weighted by Gasteiger charge is -2.16. The monoisotopic (exact) mass is 332 g/mol. The van der Waals surface area contributed by atoms with Crippen LogP contribution in [-0.4, -0.2) is 18.5 Å². The summed E-state index contributed by atoms with van der Waals surface area (Å²) in [5.74, 6) is -0.379. The summed E-state index contributed by atoms with van der Waals surface area (Å²) in [4.78, 5) is 11.5. The zero-order valence-electron chi connectivity index (χ0n) is 11.9. The number of carbonyl (C=O) groups excluding carboxylic acids is 1. The predicted octanol–water partition coefficient (Wildman–Crippen LogP) is 3.84. The Kier molecular flexibility index (Phi) is 5.85. The number of benzene rings is 1. The van der Waals surface area contributed by atoms with Crippen molar-refractivity contribution in [3.05, 3.63) is 33.6 Å². The molecule has 0 heterocycles. The molecule has 3 nitrogen and oxygen atoms in total. The average Bonchev–Trinajstić information content (AvgIpc) is 3.22. The summed E-state index contributed by atoms with van der Waals surface area (Å²) in [6.07, 6.45) is 3.43. The van der Waals surface area contributed by atoms with E-state index in [0.717, 1.165) is 19.3 Å². The van der Waals surface area contributed by atoms with Gasteiger partial charge in [-0.2, -0.15) is 0 Å². The molecule has 0 aromatic heterocycles. The van der Waals surface area contributed by atoms with E-state index in [1.165, 1.54) is 12.1 Å². The van der Waals surface area contributed by atoms with Crippen LogP contribution in [0.1, 0.15) is 44.2 Å². The molecular weight excluding hydrogens is 314 g/mol. The summed E-state index contributed by atoms with van der Waals surface area (Å²) in [6, 6.07) is 3.06. The SMILES string of the molecule is CC(NCCCC(=O)NC1CC1)c1cc(F)c(Cl)cc1Cl. The number of hydrogen-bond acceptors (Lipinski definition) is 2. The summed E-state index contributed by atoms with van der Waals surface area (Å²) in [5.41, 5.74) is 0.668. The van der Waals surface area contributed by atoms with Gasteiger partial charge in [0.2, 0.25) is 5.91 Å². The van der Waals surface area contributed by atoms with Crippen molar-refractivity contribution in [1.82, 2.24) is 10.6 Å². The topological polar surface area (TPSA) is 41.1 Å². The van der Waals surface area contributed by atoms with Crippen molar-refractivity contribution in [2.24, 2.45) is 0 Å². The molecule has 1 atom stereocenters. The van der Waals surface area contributed by atoms with E-state index >= 15 is 0 Å². The largest absolute Gasteiger partial charge is 0.353 e. The van der Waals surface area contributed by atoms with Crippen molar-refractivity contribution in [2.75, 3.05) is 6.54 Å². The first-order valence-corrected chi connectivity index (χ1v) is 7.90. The molecule has 2 N–H and O–H groups in total. The quantitative estimate of drug-likeness (QED) is 0.588. The average molecular weight is 333 g/mol. The summed E-state index contributed by atoms with van der Waals surface area (Å²) < 4.78 is 13.5. The number of nitrogens with one attached hydrogen (secondary N) is 2. The molecule has 1 amide bonds. The van der Waals surface area contributed by atoms with Crippen LogP contribution in [0.3, 0.4) is 0 Å². The van der Waals surface area contributed by atoms with Gasteiger partial charge in [-0.1, -0.05) is 23.2 Å². The lowest BCUT2D eigenvalue weighted by molar-refractivity contribution is -0.121. The molecule has 1 aliphatic rings. The lowest BCUT2D eigenvalue weighted by atomic mass is 10.1. The van der Waals surface area contributed by atoms with Crippen molar-refractivity contribution < 1.29 is 9.18 Å². The normalized spacial score (nSPS) is 15.8. The van der Waals surface area contributed by atoms with Gasteiger partial charge in [-0.25, -0.2) is 4.39 Å². The van der Waals surface area contributed by atoms with Crippen LogP contribution in [0.2, 0.25) is 10.0 Å². The standard InChI is InChI=1S/C15H19Cl2FN2O/c1-9(11-7-14(18)13(17)8-12(11)16)19-6-2-3-15(21)20-10-4-5-10/h7-10,19H,2-6H2,1H3,(H,20,21). The van der Waals surface area contributed by atoms with E-state index in [0.29, 0.717) is 29.6 Å². The molecule has 0 saturated heterocycles. The first-order valence-electron chi connectivity index (χ1n) is 7.14. The van der Waals surface area contributed by atoms with Gasteiger partial charge in [-0.15, -0.1) is 0 Å². The molecule has 0 aliphatic heterocycles. The van der Waals surface area contributed by atoms with Crippen molar-refractivity contribution in [1.29, 1.82) is 0 Å². The van der Waals surface area contributed by atoms with Crippen LogP contribution in [0.15, 0.2) is 12.1 Å². The second kappa shape index (κ2) is 7.43. The number of halogens is 3. The Balaban J connectivity index is 1.74. The Morgan fingerprint density at radius 3 is 2.76 bits per heavy atom. The fraction of sp³-hybridized carbons (Fsp3) is 0.533. The van der Waals surface area contributed by atoms with E-state index < -0.39 is 5.82 Å². The Morgan fingerprint density at radius 2 is 2.10 bits per heavy atom. The second-order valence-electron chi connectivity index (χ2n) is 5.41. The van der Waals surface area contributed by atoms with Crippen LogP contribution in [0.4, 0.5) is 4.39 Å². The summed E-state index contributed by atoms with van der Waals surface area (Å²) in [7, 11) is 0. The van der Waals surface area contributed by atoms with E-state index in [9.17, 15) is 9.18 Å². The van der Waals surface area contributed by atoms with Crippen molar-refractivity contribution in [2.45, 2.75) is 44.7 Å². The van der Waals surface area contributed by atoms with Gasteiger partial charge in [-0.05, 0) is 50.4 Å². The first kappa shape index (κ1) is 16.5. The zero-order valence-corrected chi connectivity index (χ0v) is 13.4. The molecule has 1 aliphatic carbocycles. The third kappa shape index (κ3) is 5.13. The number of amides is 1. The van der Waals surface area contributed by atoms with E-state index in [1.807, 2.05) is 6.92 Å². The molecule has 1 aromatic carbocycles. The second-order valence-corrected chi connectivity index (χ2v) is 6.22. The highest BCUT2D eigenvalue weighted by Gasteiger charge is 2.22. The fourth-order valence-corrected chi connectivity index (χ4v) is 2.62.